The fraction of sp³-hybridized carbons (Fsp3) is 0.150. The van der Waals surface area contributed by atoms with Gasteiger partial charge in [-0.3, -0.25) is 9.59 Å². The molecule has 2 rings (SSSR count). The summed E-state index contributed by atoms with van der Waals surface area (Å²) in [6.07, 6.45) is 6.62. The first-order valence-electron chi connectivity index (χ1n) is 8.06. The summed E-state index contributed by atoms with van der Waals surface area (Å²) in [7, 11) is 0. The molecule has 138 valence electrons. The van der Waals surface area contributed by atoms with Crippen molar-refractivity contribution in [2.45, 2.75) is 13.0 Å². The highest BCUT2D eigenvalue weighted by atomic mass is 79.9. The molecule has 0 aromatic heterocycles. The van der Waals surface area contributed by atoms with Gasteiger partial charge in [0, 0.05) is 4.47 Å². The summed E-state index contributed by atoms with van der Waals surface area (Å²) in [4.78, 5) is 24.3. The first-order chi connectivity index (χ1) is 13.0. The van der Waals surface area contributed by atoms with Crippen molar-refractivity contribution in [3.8, 4) is 18.1 Å². The fourth-order valence-electron chi connectivity index (χ4n) is 2.03. The fourth-order valence-corrected chi connectivity index (χ4v) is 2.49. The zero-order valence-corrected chi connectivity index (χ0v) is 16.2. The van der Waals surface area contributed by atoms with Crippen LogP contribution < -0.4 is 15.5 Å². The Balaban J connectivity index is 1.85. The van der Waals surface area contributed by atoms with Gasteiger partial charge in [0.15, 0.2) is 0 Å². The predicted octanol–water partition coefficient (Wildman–Crippen LogP) is 2.73. The second-order valence-corrected chi connectivity index (χ2v) is 6.33. The van der Waals surface area contributed by atoms with Crippen molar-refractivity contribution >= 4 is 34.0 Å². The van der Waals surface area contributed by atoms with Gasteiger partial charge < -0.3 is 10.1 Å². The number of hydrogen-bond acceptors (Lipinski definition) is 4. The molecule has 0 aliphatic heterocycles. The van der Waals surface area contributed by atoms with Gasteiger partial charge >= 0.3 is 0 Å². The van der Waals surface area contributed by atoms with Crippen LogP contribution in [0.5, 0.6) is 5.75 Å². The Morgan fingerprint density at radius 3 is 2.63 bits per heavy atom. The van der Waals surface area contributed by atoms with Gasteiger partial charge in [-0.2, -0.15) is 5.10 Å². The monoisotopic (exact) mass is 427 g/mol. The Labute approximate surface area is 166 Å². The molecule has 27 heavy (non-hydrogen) atoms. The molecule has 1 unspecified atom stereocenters. The summed E-state index contributed by atoms with van der Waals surface area (Å²) < 4.78 is 5.93. The van der Waals surface area contributed by atoms with Crippen molar-refractivity contribution in [2.75, 3.05) is 6.61 Å². The number of ether oxygens (including phenoxy) is 1. The molecule has 0 aliphatic carbocycles. The summed E-state index contributed by atoms with van der Waals surface area (Å²) in [5.74, 6) is 2.26. The van der Waals surface area contributed by atoms with Gasteiger partial charge in [0.1, 0.15) is 18.4 Å². The Hall–Kier alpha value is -3.11. The number of nitrogens with zero attached hydrogens (tertiary/aromatic N) is 1. The Morgan fingerprint density at radius 2 is 1.96 bits per heavy atom. The maximum Gasteiger partial charge on any atom is 0.262 e. The van der Waals surface area contributed by atoms with Crippen LogP contribution in [0.2, 0.25) is 0 Å². The van der Waals surface area contributed by atoms with E-state index in [2.05, 4.69) is 37.7 Å². The molecule has 0 fully saturated rings. The number of carbonyl (C=O) groups is 2. The normalized spacial score (nSPS) is 11.4. The molecule has 7 heteroatoms. The number of terminal acetylenes is 1. The van der Waals surface area contributed by atoms with E-state index in [4.69, 9.17) is 11.2 Å². The van der Waals surface area contributed by atoms with Crippen molar-refractivity contribution in [1.82, 2.24) is 10.7 Å². The molecule has 2 aromatic rings. The van der Waals surface area contributed by atoms with Gasteiger partial charge in [0.2, 0.25) is 0 Å². The van der Waals surface area contributed by atoms with Gasteiger partial charge in [-0.15, -0.1) is 6.42 Å². The molecule has 0 aliphatic rings. The second kappa shape index (κ2) is 10.1. The third-order valence-electron chi connectivity index (χ3n) is 3.45. The molecule has 0 saturated carbocycles. The smallest absolute Gasteiger partial charge is 0.262 e. The Bertz CT molecular complexity index is 873. The van der Waals surface area contributed by atoms with Crippen LogP contribution in [0.15, 0.2) is 58.1 Å². The maximum absolute atomic E-state index is 12.2. The lowest BCUT2D eigenvalue weighted by Gasteiger charge is -2.12. The summed E-state index contributed by atoms with van der Waals surface area (Å²) >= 11 is 3.31. The molecule has 0 saturated heterocycles. The number of nitrogens with one attached hydrogen (secondary N) is 2. The largest absolute Gasteiger partial charge is 0.481 e. The number of halogens is 1. The first-order valence-corrected chi connectivity index (χ1v) is 8.85. The quantitative estimate of drug-likeness (QED) is 0.405. The Kier molecular flexibility index (Phi) is 7.59. The van der Waals surface area contributed by atoms with Crippen LogP contribution in [0.3, 0.4) is 0 Å². The highest BCUT2D eigenvalue weighted by molar-refractivity contribution is 9.10. The summed E-state index contributed by atoms with van der Waals surface area (Å²) in [6, 6.07) is 13.3. The minimum Gasteiger partial charge on any atom is -0.481 e. The molecule has 2 N–H and O–H groups in total. The van der Waals surface area contributed by atoms with Crippen LogP contribution in [0, 0.1) is 12.3 Å². The number of hydrogen-bond donors (Lipinski definition) is 2. The third-order valence-corrected chi connectivity index (χ3v) is 4.14. The number of amides is 2. The summed E-state index contributed by atoms with van der Waals surface area (Å²) in [5, 5.41) is 6.52. The van der Waals surface area contributed by atoms with E-state index < -0.39 is 11.9 Å². The minimum absolute atomic E-state index is 0.201. The van der Waals surface area contributed by atoms with Crippen LogP contribution in [-0.4, -0.2) is 30.7 Å². The van der Waals surface area contributed by atoms with Gasteiger partial charge in [-0.1, -0.05) is 18.1 Å². The van der Waals surface area contributed by atoms with Crippen molar-refractivity contribution in [1.29, 1.82) is 0 Å². The van der Waals surface area contributed by atoms with Gasteiger partial charge in [0.25, 0.3) is 11.8 Å². The molecular weight excluding hydrogens is 410 g/mol. The van der Waals surface area contributed by atoms with Crippen LogP contribution in [0.25, 0.3) is 0 Å². The van der Waals surface area contributed by atoms with Gasteiger partial charge in [-0.25, -0.2) is 5.43 Å². The average Bonchev–Trinajstić information content (AvgIpc) is 2.67. The van der Waals surface area contributed by atoms with E-state index in [-0.39, 0.29) is 12.5 Å². The molecule has 0 bridgehead atoms. The number of rotatable bonds is 7. The third kappa shape index (κ3) is 6.28. The average molecular weight is 428 g/mol. The van der Waals surface area contributed by atoms with Crippen LogP contribution in [0.4, 0.5) is 0 Å². The van der Waals surface area contributed by atoms with Crippen LogP contribution in [-0.2, 0) is 4.79 Å². The van der Waals surface area contributed by atoms with Crippen LogP contribution in [0.1, 0.15) is 22.8 Å². The molecule has 1 atom stereocenters. The van der Waals surface area contributed by atoms with E-state index in [9.17, 15) is 9.59 Å². The van der Waals surface area contributed by atoms with E-state index in [1.807, 2.05) is 0 Å². The van der Waals surface area contributed by atoms with Gasteiger partial charge in [-0.05, 0) is 64.8 Å². The molecular formula is C20H18BrN3O3. The number of hydrazone groups is 1. The lowest BCUT2D eigenvalue weighted by atomic mass is 10.2. The SMILES string of the molecule is C#CCOc1ccc(C=NNC(=O)C(C)NC(=O)c2ccccc2Br)cc1. The van der Waals surface area contributed by atoms with Crippen molar-refractivity contribution in [3.05, 3.63) is 64.1 Å². The Morgan fingerprint density at radius 1 is 1.26 bits per heavy atom. The zero-order valence-electron chi connectivity index (χ0n) is 14.6. The van der Waals surface area contributed by atoms with Crippen molar-refractivity contribution in [2.24, 2.45) is 5.10 Å². The summed E-state index contributed by atoms with van der Waals surface area (Å²) in [5.41, 5.74) is 3.62. The summed E-state index contributed by atoms with van der Waals surface area (Å²) in [6.45, 7) is 1.78. The zero-order chi connectivity index (χ0) is 19.6. The van der Waals surface area contributed by atoms with Crippen LogP contribution >= 0.6 is 15.9 Å². The van der Waals surface area contributed by atoms with Crippen molar-refractivity contribution in [3.63, 3.8) is 0 Å². The van der Waals surface area contributed by atoms with E-state index in [0.29, 0.717) is 15.8 Å². The van der Waals surface area contributed by atoms with E-state index in [1.165, 1.54) is 6.21 Å². The molecule has 2 amide bonds. The highest BCUT2D eigenvalue weighted by Gasteiger charge is 2.17. The lowest BCUT2D eigenvalue weighted by Crippen LogP contribution is -2.43. The molecule has 0 radical (unpaired) electrons. The predicted molar refractivity (Wildman–Crippen MR) is 108 cm³/mol. The number of benzene rings is 2. The highest BCUT2D eigenvalue weighted by Crippen LogP contribution is 2.15. The first kappa shape index (κ1) is 20.2. The minimum atomic E-state index is -0.749. The van der Waals surface area contributed by atoms with E-state index in [1.54, 1.807) is 55.5 Å². The standard InChI is InChI=1S/C20H18BrN3O3/c1-3-12-27-16-10-8-15(9-11-16)13-22-24-19(25)14(2)23-20(26)17-6-4-5-7-18(17)21/h1,4-11,13-14H,12H2,2H3,(H,23,26)(H,24,25). The van der Waals surface area contributed by atoms with Crippen molar-refractivity contribution < 1.29 is 14.3 Å². The molecule has 0 spiro atoms. The number of carbonyl (C=O) groups excluding carboxylic acids is 2. The molecule has 6 nitrogen and oxygen atoms in total. The molecule has 2 aromatic carbocycles. The van der Waals surface area contributed by atoms with Gasteiger partial charge in [0.05, 0.1) is 11.8 Å². The lowest BCUT2D eigenvalue weighted by molar-refractivity contribution is -0.122. The van der Waals surface area contributed by atoms with E-state index >= 15 is 0 Å². The topological polar surface area (TPSA) is 79.8 Å². The molecule has 0 heterocycles. The second-order valence-electron chi connectivity index (χ2n) is 5.47. The maximum atomic E-state index is 12.2. The van der Waals surface area contributed by atoms with E-state index in [0.717, 1.165) is 5.56 Å².